The fourth-order valence-corrected chi connectivity index (χ4v) is 2.36. The van der Waals surface area contributed by atoms with Gasteiger partial charge in [0.05, 0.1) is 4.47 Å². The van der Waals surface area contributed by atoms with Crippen LogP contribution in [0.3, 0.4) is 0 Å². The van der Waals surface area contributed by atoms with E-state index < -0.39 is 29.3 Å². The first-order valence-corrected chi connectivity index (χ1v) is 6.51. The lowest BCUT2D eigenvalue weighted by atomic mass is 9.98. The van der Waals surface area contributed by atoms with Gasteiger partial charge in [0.15, 0.2) is 0 Å². The third-order valence-corrected chi connectivity index (χ3v) is 3.46. The Balaban J connectivity index is 2.28. The van der Waals surface area contributed by atoms with Crippen LogP contribution in [0.2, 0.25) is 0 Å². The molecule has 1 atom stereocenters. The van der Waals surface area contributed by atoms with Gasteiger partial charge in [0.2, 0.25) is 0 Å². The lowest BCUT2D eigenvalue weighted by molar-refractivity contribution is 0.501. The highest BCUT2D eigenvalue weighted by molar-refractivity contribution is 9.10. The monoisotopic (exact) mass is 347 g/mol. The molecular formula is C14H10BrF4N. The van der Waals surface area contributed by atoms with E-state index in [2.05, 4.69) is 15.9 Å². The summed E-state index contributed by atoms with van der Waals surface area (Å²) in [6.07, 6.45) is 0.0956. The topological polar surface area (TPSA) is 26.0 Å². The summed E-state index contributed by atoms with van der Waals surface area (Å²) in [6, 6.07) is 4.35. The predicted octanol–water partition coefficient (Wildman–Crippen LogP) is 4.25. The number of rotatable bonds is 3. The summed E-state index contributed by atoms with van der Waals surface area (Å²) >= 11 is 3.02. The van der Waals surface area contributed by atoms with Crippen molar-refractivity contribution in [2.75, 3.05) is 0 Å². The molecule has 0 aromatic heterocycles. The normalized spacial score (nSPS) is 12.5. The number of hydrogen-bond donors (Lipinski definition) is 1. The summed E-state index contributed by atoms with van der Waals surface area (Å²) in [6.45, 7) is 0. The molecule has 0 amide bonds. The molecule has 1 nitrogen and oxygen atoms in total. The second-order valence-corrected chi connectivity index (χ2v) is 5.20. The van der Waals surface area contributed by atoms with E-state index >= 15 is 0 Å². The van der Waals surface area contributed by atoms with Crippen molar-refractivity contribution in [2.24, 2.45) is 5.73 Å². The molecule has 0 aliphatic rings. The smallest absolute Gasteiger partial charge is 0.137 e. The SMILES string of the molecule is NC(Cc1ccc(F)c(Br)c1)c1c(F)cc(F)cc1F. The Kier molecular flexibility index (Phi) is 4.45. The Morgan fingerprint density at radius 1 is 0.950 bits per heavy atom. The van der Waals surface area contributed by atoms with Gasteiger partial charge in [0.25, 0.3) is 0 Å². The van der Waals surface area contributed by atoms with E-state index in [1.54, 1.807) is 0 Å². The molecule has 0 aliphatic carbocycles. The maximum absolute atomic E-state index is 13.6. The second-order valence-electron chi connectivity index (χ2n) is 4.34. The largest absolute Gasteiger partial charge is 0.323 e. The van der Waals surface area contributed by atoms with Crippen LogP contribution < -0.4 is 5.73 Å². The van der Waals surface area contributed by atoms with Crippen LogP contribution in [0.1, 0.15) is 17.2 Å². The minimum atomic E-state index is -1.03. The van der Waals surface area contributed by atoms with Crippen molar-refractivity contribution < 1.29 is 17.6 Å². The van der Waals surface area contributed by atoms with Crippen molar-refractivity contribution in [3.8, 4) is 0 Å². The molecule has 0 saturated carbocycles. The maximum Gasteiger partial charge on any atom is 0.137 e. The van der Waals surface area contributed by atoms with Crippen molar-refractivity contribution in [2.45, 2.75) is 12.5 Å². The summed E-state index contributed by atoms with van der Waals surface area (Å²) in [5.41, 5.74) is 5.98. The van der Waals surface area contributed by atoms with Gasteiger partial charge in [0, 0.05) is 23.7 Å². The van der Waals surface area contributed by atoms with Crippen LogP contribution >= 0.6 is 15.9 Å². The molecule has 1 unspecified atom stereocenters. The van der Waals surface area contributed by atoms with Crippen LogP contribution in [-0.4, -0.2) is 0 Å². The number of benzene rings is 2. The van der Waals surface area contributed by atoms with Crippen molar-refractivity contribution in [3.05, 3.63) is 69.2 Å². The zero-order valence-electron chi connectivity index (χ0n) is 10.1. The summed E-state index contributed by atoms with van der Waals surface area (Å²) in [5.74, 6) is -3.51. The number of halogens is 5. The lowest BCUT2D eigenvalue weighted by Gasteiger charge is -2.14. The summed E-state index contributed by atoms with van der Waals surface area (Å²) in [4.78, 5) is 0. The van der Waals surface area contributed by atoms with Gasteiger partial charge in [-0.1, -0.05) is 6.07 Å². The van der Waals surface area contributed by atoms with Gasteiger partial charge in [-0.15, -0.1) is 0 Å². The summed E-state index contributed by atoms with van der Waals surface area (Å²) < 4.78 is 53.3. The molecule has 106 valence electrons. The standard InChI is InChI=1S/C14H10BrF4N/c15-9-3-7(1-2-10(9)17)4-13(20)14-11(18)5-8(16)6-12(14)19/h1-3,5-6,13H,4,20H2. The van der Waals surface area contributed by atoms with Crippen LogP contribution in [0.5, 0.6) is 0 Å². The van der Waals surface area contributed by atoms with Crippen LogP contribution in [-0.2, 0) is 6.42 Å². The third kappa shape index (κ3) is 3.19. The minimum Gasteiger partial charge on any atom is -0.323 e. The van der Waals surface area contributed by atoms with E-state index in [1.807, 2.05) is 0 Å². The van der Waals surface area contributed by atoms with Crippen LogP contribution in [0, 0.1) is 23.3 Å². The highest BCUT2D eigenvalue weighted by atomic mass is 79.9. The van der Waals surface area contributed by atoms with Crippen LogP contribution in [0.4, 0.5) is 17.6 Å². The fraction of sp³-hybridized carbons (Fsp3) is 0.143. The highest BCUT2D eigenvalue weighted by Crippen LogP contribution is 2.25. The molecule has 2 rings (SSSR count). The molecule has 6 heteroatoms. The molecular weight excluding hydrogens is 338 g/mol. The molecule has 2 aromatic carbocycles. The van der Waals surface area contributed by atoms with E-state index in [-0.39, 0.29) is 16.5 Å². The Labute approximate surface area is 121 Å². The second kappa shape index (κ2) is 5.93. The van der Waals surface area contributed by atoms with Crippen molar-refractivity contribution in [3.63, 3.8) is 0 Å². The van der Waals surface area contributed by atoms with Crippen molar-refractivity contribution >= 4 is 15.9 Å². The Hall–Kier alpha value is -1.40. The predicted molar refractivity (Wildman–Crippen MR) is 71.0 cm³/mol. The number of hydrogen-bond acceptors (Lipinski definition) is 1. The lowest BCUT2D eigenvalue weighted by Crippen LogP contribution is -2.17. The van der Waals surface area contributed by atoms with Gasteiger partial charge >= 0.3 is 0 Å². The fourth-order valence-electron chi connectivity index (χ4n) is 1.93. The highest BCUT2D eigenvalue weighted by Gasteiger charge is 2.19. The van der Waals surface area contributed by atoms with Gasteiger partial charge in [-0.3, -0.25) is 0 Å². The molecule has 0 radical (unpaired) electrons. The first-order chi connectivity index (χ1) is 9.38. The first kappa shape index (κ1) is 15.0. The summed E-state index contributed by atoms with van der Waals surface area (Å²) in [7, 11) is 0. The van der Waals surface area contributed by atoms with E-state index in [0.29, 0.717) is 17.7 Å². The molecule has 20 heavy (non-hydrogen) atoms. The Morgan fingerprint density at radius 2 is 1.55 bits per heavy atom. The Bertz CT molecular complexity index is 622. The van der Waals surface area contributed by atoms with Crippen molar-refractivity contribution in [1.29, 1.82) is 0 Å². The number of nitrogens with two attached hydrogens (primary N) is 1. The molecule has 0 saturated heterocycles. The first-order valence-electron chi connectivity index (χ1n) is 5.72. The molecule has 0 fully saturated rings. The molecule has 0 spiro atoms. The van der Waals surface area contributed by atoms with Gasteiger partial charge in [-0.2, -0.15) is 0 Å². The molecule has 0 bridgehead atoms. The molecule has 2 N–H and O–H groups in total. The van der Waals surface area contributed by atoms with Crippen molar-refractivity contribution in [1.82, 2.24) is 0 Å². The maximum atomic E-state index is 13.6. The van der Waals surface area contributed by atoms with Crippen LogP contribution in [0.25, 0.3) is 0 Å². The molecule has 0 aliphatic heterocycles. The molecule has 2 aromatic rings. The van der Waals surface area contributed by atoms with Crippen LogP contribution in [0.15, 0.2) is 34.8 Å². The van der Waals surface area contributed by atoms with E-state index in [9.17, 15) is 17.6 Å². The average Bonchev–Trinajstić information content (AvgIpc) is 2.32. The molecule has 0 heterocycles. The zero-order chi connectivity index (χ0) is 14.9. The van der Waals surface area contributed by atoms with E-state index in [4.69, 9.17) is 5.73 Å². The zero-order valence-corrected chi connectivity index (χ0v) is 11.7. The third-order valence-electron chi connectivity index (χ3n) is 2.85. The van der Waals surface area contributed by atoms with Gasteiger partial charge in [-0.05, 0) is 40.0 Å². The Morgan fingerprint density at radius 3 is 2.10 bits per heavy atom. The minimum absolute atomic E-state index is 0.0956. The van der Waals surface area contributed by atoms with Gasteiger partial charge in [0.1, 0.15) is 23.3 Å². The summed E-state index contributed by atoms with van der Waals surface area (Å²) in [5, 5.41) is 0. The average molecular weight is 348 g/mol. The quantitative estimate of drug-likeness (QED) is 0.825. The van der Waals surface area contributed by atoms with Gasteiger partial charge < -0.3 is 5.73 Å². The van der Waals surface area contributed by atoms with E-state index in [1.165, 1.54) is 18.2 Å². The van der Waals surface area contributed by atoms with Gasteiger partial charge in [-0.25, -0.2) is 17.6 Å². The van der Waals surface area contributed by atoms with E-state index in [0.717, 1.165) is 0 Å².